The third-order valence-corrected chi connectivity index (χ3v) is 7.67. The van der Waals surface area contributed by atoms with Gasteiger partial charge in [-0.25, -0.2) is 29.9 Å². The van der Waals surface area contributed by atoms with Gasteiger partial charge in [-0.2, -0.15) is 0 Å². The van der Waals surface area contributed by atoms with E-state index in [9.17, 15) is 10.2 Å². The molecule has 0 unspecified atom stereocenters. The molecule has 208 valence electrons. The van der Waals surface area contributed by atoms with Gasteiger partial charge in [0, 0.05) is 38.4 Å². The number of phenols is 2. The summed E-state index contributed by atoms with van der Waals surface area (Å²) in [5, 5.41) is 24.0. The minimum atomic E-state index is -0.302. The molecule has 0 atom stereocenters. The summed E-state index contributed by atoms with van der Waals surface area (Å²) in [7, 11) is 0. The molecule has 5 heterocycles. The molecule has 0 spiro atoms. The summed E-state index contributed by atoms with van der Waals surface area (Å²) in [6.07, 6.45) is 0. The number of nitrogens with zero attached hydrogens (tertiary/aromatic N) is 6. The number of aromatic hydroxyl groups is 2. The SMILES string of the molecule is Oc1ccc2c3nc4nc(nc5[nH]c(nc6nc(nc([nH]3)c2c1O)-c1ccccc1-6)c1ccccc51)-c1ccccc1-4.[Cu+]. The minimum absolute atomic E-state index is 0. The molecule has 8 bridgehead atoms. The van der Waals surface area contributed by atoms with Crippen molar-refractivity contribution in [3.05, 3.63) is 84.9 Å². The molecule has 43 heavy (non-hydrogen) atoms. The van der Waals surface area contributed by atoms with Gasteiger partial charge in [-0.3, -0.25) is 0 Å². The van der Waals surface area contributed by atoms with E-state index in [0.717, 1.165) is 33.0 Å². The number of H-pyrrole nitrogens is 2. The third kappa shape index (κ3) is 3.66. The van der Waals surface area contributed by atoms with Gasteiger partial charge in [0.15, 0.2) is 34.8 Å². The second-order valence-electron chi connectivity index (χ2n) is 10.1. The van der Waals surface area contributed by atoms with Crippen molar-refractivity contribution >= 4 is 44.1 Å². The van der Waals surface area contributed by atoms with Gasteiger partial charge in [0.05, 0.1) is 5.39 Å². The van der Waals surface area contributed by atoms with Crippen LogP contribution in [0.3, 0.4) is 0 Å². The quantitative estimate of drug-likeness (QED) is 0.116. The first-order chi connectivity index (χ1) is 20.6. The summed E-state index contributed by atoms with van der Waals surface area (Å²) >= 11 is 0. The molecule has 3 aromatic heterocycles. The largest absolute Gasteiger partial charge is 1.00 e. The van der Waals surface area contributed by atoms with Gasteiger partial charge in [0.1, 0.15) is 22.6 Å². The number of hydrogen-bond acceptors (Lipinski definition) is 8. The molecular weight excluding hydrogens is 592 g/mol. The van der Waals surface area contributed by atoms with Crippen LogP contribution in [0.5, 0.6) is 11.5 Å². The topological polar surface area (TPSA) is 149 Å². The van der Waals surface area contributed by atoms with E-state index in [1.54, 1.807) is 6.07 Å². The van der Waals surface area contributed by atoms with E-state index in [4.69, 9.17) is 29.9 Å². The molecule has 0 saturated carbocycles. The van der Waals surface area contributed by atoms with Gasteiger partial charge in [-0.05, 0) is 12.1 Å². The number of rotatable bonds is 0. The monoisotopic (exact) mass is 609 g/mol. The normalized spacial score (nSPS) is 11.7. The molecule has 0 fully saturated rings. The van der Waals surface area contributed by atoms with Crippen molar-refractivity contribution in [2.45, 2.75) is 0 Å². The Balaban J connectivity index is 0.00000278. The Hall–Kier alpha value is -5.64. The van der Waals surface area contributed by atoms with Crippen LogP contribution in [0.25, 0.3) is 89.7 Å². The minimum Gasteiger partial charge on any atom is -0.504 e. The number of nitrogens with one attached hydrogen (secondary N) is 2. The van der Waals surface area contributed by atoms with Gasteiger partial charge in [-0.15, -0.1) is 0 Å². The van der Waals surface area contributed by atoms with Gasteiger partial charge in [0.2, 0.25) is 0 Å². The number of benzene rings is 4. The van der Waals surface area contributed by atoms with Crippen molar-refractivity contribution in [1.82, 2.24) is 39.9 Å². The summed E-state index contributed by atoms with van der Waals surface area (Å²) in [5.41, 5.74) is 5.23. The molecule has 10 nitrogen and oxygen atoms in total. The fourth-order valence-corrected chi connectivity index (χ4v) is 5.70. The second-order valence-corrected chi connectivity index (χ2v) is 10.1. The van der Waals surface area contributed by atoms with E-state index in [1.165, 1.54) is 6.07 Å². The number of hydrogen-bond donors (Lipinski definition) is 4. The molecule has 4 aromatic carbocycles. The fraction of sp³-hybridized carbons (Fsp3) is 0. The fourth-order valence-electron chi connectivity index (χ4n) is 5.70. The van der Waals surface area contributed by atoms with Crippen molar-refractivity contribution < 1.29 is 27.3 Å². The zero-order chi connectivity index (χ0) is 27.9. The molecule has 7 aromatic rings. The Morgan fingerprint density at radius 1 is 0.419 bits per heavy atom. The van der Waals surface area contributed by atoms with E-state index in [0.29, 0.717) is 56.7 Å². The van der Waals surface area contributed by atoms with Gasteiger partial charge in [0.25, 0.3) is 0 Å². The van der Waals surface area contributed by atoms with Gasteiger partial charge < -0.3 is 20.2 Å². The van der Waals surface area contributed by atoms with Crippen LogP contribution in [-0.4, -0.2) is 50.1 Å². The van der Waals surface area contributed by atoms with Crippen molar-refractivity contribution in [2.24, 2.45) is 0 Å². The number of fused-ring (bicyclic) bond motifs is 20. The van der Waals surface area contributed by atoms with Crippen molar-refractivity contribution in [2.75, 3.05) is 0 Å². The summed E-state index contributed by atoms with van der Waals surface area (Å²) in [6.45, 7) is 0. The van der Waals surface area contributed by atoms with Crippen LogP contribution in [0.1, 0.15) is 0 Å². The van der Waals surface area contributed by atoms with Crippen LogP contribution in [0.15, 0.2) is 84.9 Å². The van der Waals surface area contributed by atoms with E-state index >= 15 is 0 Å². The Morgan fingerprint density at radius 3 is 1.30 bits per heavy atom. The molecule has 0 aliphatic carbocycles. The maximum atomic E-state index is 10.9. The second kappa shape index (κ2) is 9.18. The average Bonchev–Trinajstić information content (AvgIpc) is 3.74. The third-order valence-electron chi connectivity index (χ3n) is 7.67. The number of aromatic amines is 2. The van der Waals surface area contributed by atoms with Gasteiger partial charge in [-0.1, -0.05) is 72.8 Å². The Bertz CT molecular complexity index is 2460. The van der Waals surface area contributed by atoms with Crippen molar-refractivity contribution in [3.63, 3.8) is 0 Å². The Morgan fingerprint density at radius 2 is 0.814 bits per heavy atom. The number of aromatic nitrogens is 8. The molecule has 2 aliphatic rings. The predicted octanol–water partition coefficient (Wildman–Crippen LogP) is 6.28. The first-order valence-corrected chi connectivity index (χ1v) is 13.3. The molecule has 9 rings (SSSR count). The van der Waals surface area contributed by atoms with E-state index in [-0.39, 0.29) is 28.6 Å². The van der Waals surface area contributed by atoms with Crippen LogP contribution >= 0.6 is 0 Å². The average molecular weight is 610 g/mol. The smallest absolute Gasteiger partial charge is 0.504 e. The standard InChI is InChI=1S/C32H18N8O2.Cu/c41-22-14-13-21-23(24(22)42)32-39-30-20-12-6-5-11-19(20)28(37-30)35-26-16-8-2-1-7-15(16)25(33-26)34-27-17-9-3-4-10-18(17)29(36-27)38-31(21)40-32;/h1-14,41-42H,(H2,33,34,35,36,37,38,39,40);/q;+1. The summed E-state index contributed by atoms with van der Waals surface area (Å²) in [4.78, 5) is 36.0. The van der Waals surface area contributed by atoms with Crippen LogP contribution < -0.4 is 0 Å². The summed E-state index contributed by atoms with van der Waals surface area (Å²) in [6, 6.07) is 26.5. The molecule has 0 radical (unpaired) electrons. The summed E-state index contributed by atoms with van der Waals surface area (Å²) in [5.74, 6) is 1.30. The van der Waals surface area contributed by atoms with Crippen molar-refractivity contribution in [3.8, 4) is 57.1 Å². The molecule has 11 heteroatoms. The van der Waals surface area contributed by atoms with E-state index in [2.05, 4.69) is 9.97 Å². The van der Waals surface area contributed by atoms with Crippen LogP contribution in [0.2, 0.25) is 0 Å². The van der Waals surface area contributed by atoms with E-state index in [1.807, 2.05) is 72.8 Å². The van der Waals surface area contributed by atoms with Crippen LogP contribution in [0.4, 0.5) is 0 Å². The predicted molar refractivity (Wildman–Crippen MR) is 159 cm³/mol. The first kappa shape index (κ1) is 25.1. The molecule has 0 saturated heterocycles. The summed E-state index contributed by atoms with van der Waals surface area (Å²) < 4.78 is 0. The maximum absolute atomic E-state index is 10.9. The van der Waals surface area contributed by atoms with Gasteiger partial charge >= 0.3 is 17.1 Å². The van der Waals surface area contributed by atoms with Crippen LogP contribution in [0, 0.1) is 0 Å². The van der Waals surface area contributed by atoms with Crippen molar-refractivity contribution in [1.29, 1.82) is 0 Å². The first-order valence-electron chi connectivity index (χ1n) is 13.3. The zero-order valence-corrected chi connectivity index (χ0v) is 22.9. The molecule has 2 aliphatic heterocycles. The molecular formula is C32H18CuN8O2+. The molecule has 0 amide bonds. The Kier molecular flexibility index (Phi) is 5.36. The Labute approximate surface area is 252 Å². The number of phenolic OH excluding ortho intramolecular Hbond substituents is 2. The maximum Gasteiger partial charge on any atom is 1.00 e. The zero-order valence-electron chi connectivity index (χ0n) is 22.0. The van der Waals surface area contributed by atoms with Crippen LogP contribution in [-0.2, 0) is 17.1 Å². The molecule has 4 N–H and O–H groups in total. The van der Waals surface area contributed by atoms with E-state index < -0.39 is 0 Å².